The summed E-state index contributed by atoms with van der Waals surface area (Å²) in [5.41, 5.74) is 0.662. The van der Waals surface area contributed by atoms with Crippen LogP contribution in [-0.2, 0) is 9.59 Å². The number of amides is 1. The van der Waals surface area contributed by atoms with E-state index in [0.29, 0.717) is 17.1 Å². The number of hydrogen-bond acceptors (Lipinski definition) is 4. The van der Waals surface area contributed by atoms with Gasteiger partial charge in [-0.25, -0.2) is 0 Å². The van der Waals surface area contributed by atoms with Crippen molar-refractivity contribution in [3.8, 4) is 11.5 Å². The molecule has 24 heavy (non-hydrogen) atoms. The van der Waals surface area contributed by atoms with Gasteiger partial charge in [-0.3, -0.25) is 9.59 Å². The summed E-state index contributed by atoms with van der Waals surface area (Å²) in [7, 11) is 3.05. The maximum absolute atomic E-state index is 12.5. The molecule has 1 fully saturated rings. The van der Waals surface area contributed by atoms with Crippen molar-refractivity contribution in [3.05, 3.63) is 23.8 Å². The van der Waals surface area contributed by atoms with Gasteiger partial charge in [-0.1, -0.05) is 13.8 Å². The van der Waals surface area contributed by atoms with Crippen LogP contribution >= 0.6 is 0 Å². The maximum atomic E-state index is 12.5. The van der Waals surface area contributed by atoms with E-state index in [1.54, 1.807) is 25.3 Å². The normalized spacial score (nSPS) is 23.2. The number of aliphatic carboxylic acids is 1. The fourth-order valence-corrected chi connectivity index (χ4v) is 3.00. The van der Waals surface area contributed by atoms with Crippen LogP contribution in [0.5, 0.6) is 11.5 Å². The van der Waals surface area contributed by atoms with Crippen molar-refractivity contribution in [1.82, 2.24) is 5.32 Å². The van der Waals surface area contributed by atoms with Crippen molar-refractivity contribution >= 4 is 11.9 Å². The van der Waals surface area contributed by atoms with E-state index < -0.39 is 12.0 Å². The summed E-state index contributed by atoms with van der Waals surface area (Å²) in [6, 6.07) is 4.50. The van der Waals surface area contributed by atoms with Gasteiger partial charge >= 0.3 is 5.97 Å². The minimum atomic E-state index is -0.979. The molecule has 3 unspecified atom stereocenters. The highest BCUT2D eigenvalue weighted by Crippen LogP contribution is 2.55. The van der Waals surface area contributed by atoms with Crippen LogP contribution in [0.2, 0.25) is 0 Å². The Balaban J connectivity index is 2.23. The molecule has 2 rings (SSSR count). The standard InChI is InChI=1S/C18H25NO5/c1-5-18(2)10-13(18)17(22)19-14(9-16(20)21)12-7-6-11(23-3)8-15(12)24-4/h6-8,13-14H,5,9-10H2,1-4H3,(H,19,22)(H,20,21). The molecule has 0 saturated heterocycles. The number of carbonyl (C=O) groups is 2. The Labute approximate surface area is 142 Å². The number of carboxylic acids is 1. The third-order valence-electron chi connectivity index (χ3n) is 4.99. The van der Waals surface area contributed by atoms with Gasteiger partial charge in [0, 0.05) is 17.5 Å². The van der Waals surface area contributed by atoms with Crippen molar-refractivity contribution in [2.24, 2.45) is 11.3 Å². The monoisotopic (exact) mass is 335 g/mol. The number of nitrogens with one attached hydrogen (secondary N) is 1. The van der Waals surface area contributed by atoms with Gasteiger partial charge < -0.3 is 19.9 Å². The van der Waals surface area contributed by atoms with Gasteiger partial charge in [0.2, 0.25) is 5.91 Å². The summed E-state index contributed by atoms with van der Waals surface area (Å²) < 4.78 is 10.5. The second kappa shape index (κ2) is 7.11. The summed E-state index contributed by atoms with van der Waals surface area (Å²) in [4.78, 5) is 23.7. The van der Waals surface area contributed by atoms with Crippen LogP contribution in [0.4, 0.5) is 0 Å². The second-order valence-electron chi connectivity index (χ2n) is 6.53. The first-order valence-corrected chi connectivity index (χ1v) is 8.08. The Morgan fingerprint density at radius 3 is 2.58 bits per heavy atom. The smallest absolute Gasteiger partial charge is 0.305 e. The minimum Gasteiger partial charge on any atom is -0.497 e. The van der Waals surface area contributed by atoms with Crippen molar-refractivity contribution in [2.75, 3.05) is 14.2 Å². The SMILES string of the molecule is CCC1(C)CC1C(=O)NC(CC(=O)O)c1ccc(OC)cc1OC. The molecule has 0 aromatic heterocycles. The zero-order chi connectivity index (χ0) is 17.9. The van der Waals surface area contributed by atoms with Crippen LogP contribution in [0.15, 0.2) is 18.2 Å². The highest BCUT2D eigenvalue weighted by Gasteiger charge is 2.53. The van der Waals surface area contributed by atoms with E-state index in [4.69, 9.17) is 9.47 Å². The van der Waals surface area contributed by atoms with Gasteiger partial charge in [0.1, 0.15) is 11.5 Å². The molecular formula is C18H25NO5. The average molecular weight is 335 g/mol. The number of benzene rings is 1. The highest BCUT2D eigenvalue weighted by atomic mass is 16.5. The number of ether oxygens (including phenoxy) is 2. The summed E-state index contributed by atoms with van der Waals surface area (Å²) in [6.07, 6.45) is 1.57. The summed E-state index contributed by atoms with van der Waals surface area (Å²) >= 11 is 0. The molecule has 0 heterocycles. The van der Waals surface area contributed by atoms with Crippen LogP contribution in [0.25, 0.3) is 0 Å². The fraction of sp³-hybridized carbons (Fsp3) is 0.556. The van der Waals surface area contributed by atoms with Gasteiger partial charge in [0.05, 0.1) is 26.7 Å². The lowest BCUT2D eigenvalue weighted by molar-refractivity contribution is -0.137. The molecule has 1 amide bonds. The van der Waals surface area contributed by atoms with Gasteiger partial charge in [-0.05, 0) is 30.4 Å². The summed E-state index contributed by atoms with van der Waals surface area (Å²) in [5.74, 6) is -0.0227. The predicted molar refractivity (Wildman–Crippen MR) is 89.2 cm³/mol. The number of hydrogen-bond donors (Lipinski definition) is 2. The first kappa shape index (κ1) is 18.1. The number of rotatable bonds is 8. The lowest BCUT2D eigenvalue weighted by atomic mass is 10.00. The highest BCUT2D eigenvalue weighted by molar-refractivity contribution is 5.83. The molecule has 0 aliphatic heterocycles. The first-order chi connectivity index (χ1) is 11.3. The Bertz CT molecular complexity index is 630. The summed E-state index contributed by atoms with van der Waals surface area (Å²) in [6.45, 7) is 4.14. The Hall–Kier alpha value is -2.24. The van der Waals surface area contributed by atoms with E-state index in [1.807, 2.05) is 0 Å². The lowest BCUT2D eigenvalue weighted by Gasteiger charge is -2.21. The molecule has 0 bridgehead atoms. The molecule has 0 spiro atoms. The van der Waals surface area contributed by atoms with E-state index in [0.717, 1.165) is 12.8 Å². The molecule has 1 aromatic rings. The van der Waals surface area contributed by atoms with Crippen LogP contribution in [-0.4, -0.2) is 31.2 Å². The molecule has 132 valence electrons. The van der Waals surface area contributed by atoms with E-state index in [2.05, 4.69) is 19.2 Å². The van der Waals surface area contributed by atoms with Crippen molar-refractivity contribution in [1.29, 1.82) is 0 Å². The van der Waals surface area contributed by atoms with E-state index in [9.17, 15) is 14.7 Å². The van der Waals surface area contributed by atoms with Crippen LogP contribution in [0.3, 0.4) is 0 Å². The fourth-order valence-electron chi connectivity index (χ4n) is 3.00. The molecule has 0 radical (unpaired) electrons. The molecule has 1 aliphatic carbocycles. The Kier molecular flexibility index (Phi) is 5.36. The van der Waals surface area contributed by atoms with Crippen molar-refractivity contribution in [3.63, 3.8) is 0 Å². The zero-order valence-electron chi connectivity index (χ0n) is 14.6. The molecule has 3 atom stereocenters. The zero-order valence-corrected chi connectivity index (χ0v) is 14.6. The Morgan fingerprint density at radius 2 is 2.08 bits per heavy atom. The summed E-state index contributed by atoms with van der Waals surface area (Å²) in [5, 5.41) is 12.1. The second-order valence-corrected chi connectivity index (χ2v) is 6.53. The van der Waals surface area contributed by atoms with E-state index in [-0.39, 0.29) is 23.7 Å². The third-order valence-corrected chi connectivity index (χ3v) is 4.99. The third kappa shape index (κ3) is 3.80. The lowest BCUT2D eigenvalue weighted by Crippen LogP contribution is -2.32. The number of carbonyl (C=O) groups excluding carboxylic acids is 1. The van der Waals surface area contributed by atoms with E-state index in [1.165, 1.54) is 7.11 Å². The Morgan fingerprint density at radius 1 is 1.38 bits per heavy atom. The topological polar surface area (TPSA) is 84.9 Å². The molecule has 6 nitrogen and oxygen atoms in total. The van der Waals surface area contributed by atoms with Crippen molar-refractivity contribution in [2.45, 2.75) is 39.2 Å². The average Bonchev–Trinajstić information content (AvgIpc) is 3.26. The molecule has 1 aromatic carbocycles. The van der Waals surface area contributed by atoms with Crippen LogP contribution in [0.1, 0.15) is 44.7 Å². The molecule has 1 aliphatic rings. The van der Waals surface area contributed by atoms with Gasteiger partial charge in [-0.15, -0.1) is 0 Å². The van der Waals surface area contributed by atoms with Gasteiger partial charge in [0.15, 0.2) is 0 Å². The van der Waals surface area contributed by atoms with Gasteiger partial charge in [-0.2, -0.15) is 0 Å². The molecular weight excluding hydrogens is 310 g/mol. The number of methoxy groups -OCH3 is 2. The quantitative estimate of drug-likeness (QED) is 0.763. The van der Waals surface area contributed by atoms with Crippen molar-refractivity contribution < 1.29 is 24.2 Å². The first-order valence-electron chi connectivity index (χ1n) is 8.08. The minimum absolute atomic E-state index is 0.0296. The van der Waals surface area contributed by atoms with E-state index >= 15 is 0 Å². The molecule has 1 saturated carbocycles. The maximum Gasteiger partial charge on any atom is 0.305 e. The van der Waals surface area contributed by atoms with Gasteiger partial charge in [0.25, 0.3) is 0 Å². The largest absolute Gasteiger partial charge is 0.497 e. The van der Waals surface area contributed by atoms with Crippen LogP contribution in [0, 0.1) is 11.3 Å². The predicted octanol–water partition coefficient (Wildman–Crippen LogP) is 2.77. The van der Waals surface area contributed by atoms with Crippen LogP contribution < -0.4 is 14.8 Å². The molecule has 2 N–H and O–H groups in total. The number of carboxylic acid groups (broad SMARTS) is 1. The molecule has 6 heteroatoms.